The largest absolute Gasteiger partial charge is 0.497 e. The van der Waals surface area contributed by atoms with E-state index in [-0.39, 0.29) is 18.1 Å². The molecule has 2 aromatic heterocycles. The lowest BCUT2D eigenvalue weighted by Gasteiger charge is -2.36. The van der Waals surface area contributed by atoms with Gasteiger partial charge in [0.05, 0.1) is 25.3 Å². The first-order valence-electron chi connectivity index (χ1n) is 9.58. The minimum atomic E-state index is -4.67. The average Bonchev–Trinajstić information content (AvgIpc) is 3.19. The predicted molar refractivity (Wildman–Crippen MR) is 101 cm³/mol. The smallest absolute Gasteiger partial charge is 0.453 e. The third kappa shape index (κ3) is 3.94. The first-order chi connectivity index (χ1) is 14.4. The maximum atomic E-state index is 13.1. The fourth-order valence-corrected chi connectivity index (χ4v) is 3.78. The summed E-state index contributed by atoms with van der Waals surface area (Å²) in [6, 6.07) is 8.46. The van der Waals surface area contributed by atoms with Crippen molar-refractivity contribution in [1.29, 1.82) is 0 Å². The van der Waals surface area contributed by atoms with Crippen LogP contribution in [0.4, 0.5) is 13.2 Å². The monoisotopic (exact) mass is 419 g/mol. The lowest BCUT2D eigenvalue weighted by molar-refractivity contribution is -0.144. The van der Waals surface area contributed by atoms with E-state index in [2.05, 4.69) is 15.1 Å². The molecular formula is C20H20F3N5O2. The maximum absolute atomic E-state index is 13.1. The zero-order valence-electron chi connectivity index (χ0n) is 16.3. The van der Waals surface area contributed by atoms with Crippen LogP contribution in [0.5, 0.6) is 5.75 Å². The number of carbonyl (C=O) groups excluding carboxylic acids is 1. The minimum absolute atomic E-state index is 0.103. The number of fused-ring (bicyclic) bond motifs is 1. The Kier molecular flexibility index (Phi) is 5.31. The number of likely N-dealkylation sites (tertiary alicyclic amines) is 1. The van der Waals surface area contributed by atoms with Crippen molar-refractivity contribution >= 4 is 11.7 Å². The standard InChI is InChI=1S/C20H20F3N5O2/c1-30-14-6-4-5-13(11-14)12-17(29)27-10-3-2-7-15(27)16-8-9-24-19-25-18(20(21,22)23)26-28(16)19/h4-6,8-9,11,15H,2-3,7,10,12H2,1H3/t15-/m1/s1. The number of piperidine rings is 1. The van der Waals surface area contributed by atoms with E-state index < -0.39 is 18.0 Å². The molecular weight excluding hydrogens is 399 g/mol. The maximum Gasteiger partial charge on any atom is 0.453 e. The molecule has 1 aliphatic heterocycles. The highest BCUT2D eigenvalue weighted by Gasteiger charge is 2.37. The quantitative estimate of drug-likeness (QED) is 0.648. The molecule has 0 radical (unpaired) electrons. The predicted octanol–water partition coefficient (Wildman–Crippen LogP) is 3.45. The van der Waals surface area contributed by atoms with Crippen molar-refractivity contribution in [2.45, 2.75) is 37.9 Å². The Morgan fingerprint density at radius 3 is 2.87 bits per heavy atom. The van der Waals surface area contributed by atoms with Gasteiger partial charge in [-0.1, -0.05) is 12.1 Å². The van der Waals surface area contributed by atoms with Gasteiger partial charge in [-0.3, -0.25) is 4.79 Å². The van der Waals surface area contributed by atoms with Gasteiger partial charge in [0.15, 0.2) is 0 Å². The van der Waals surface area contributed by atoms with Gasteiger partial charge in [-0.15, -0.1) is 5.10 Å². The molecule has 7 nitrogen and oxygen atoms in total. The molecule has 30 heavy (non-hydrogen) atoms. The zero-order valence-corrected chi connectivity index (χ0v) is 16.3. The van der Waals surface area contributed by atoms with Gasteiger partial charge < -0.3 is 9.64 Å². The van der Waals surface area contributed by atoms with Gasteiger partial charge in [-0.25, -0.2) is 4.98 Å². The first-order valence-corrected chi connectivity index (χ1v) is 9.58. The molecule has 1 fully saturated rings. The Bertz CT molecular complexity index is 1070. The Balaban J connectivity index is 1.65. The van der Waals surface area contributed by atoms with Crippen molar-refractivity contribution < 1.29 is 22.7 Å². The van der Waals surface area contributed by atoms with Crippen LogP contribution < -0.4 is 4.74 Å². The Morgan fingerprint density at radius 2 is 2.10 bits per heavy atom. The van der Waals surface area contributed by atoms with Crippen molar-refractivity contribution in [3.63, 3.8) is 0 Å². The second-order valence-electron chi connectivity index (χ2n) is 7.14. The number of ether oxygens (including phenoxy) is 1. The number of rotatable bonds is 4. The summed E-state index contributed by atoms with van der Waals surface area (Å²) in [4.78, 5) is 22.2. The topological polar surface area (TPSA) is 72.6 Å². The minimum Gasteiger partial charge on any atom is -0.497 e. The fourth-order valence-electron chi connectivity index (χ4n) is 3.78. The molecule has 4 rings (SSSR count). The van der Waals surface area contributed by atoms with E-state index in [1.165, 1.54) is 6.20 Å². The van der Waals surface area contributed by atoms with Crippen molar-refractivity contribution in [2.75, 3.05) is 13.7 Å². The number of benzene rings is 1. The first kappa shape index (κ1) is 20.1. The molecule has 0 unspecified atom stereocenters. The summed E-state index contributed by atoms with van der Waals surface area (Å²) in [5, 5.41) is 3.62. The third-order valence-corrected chi connectivity index (χ3v) is 5.18. The van der Waals surface area contributed by atoms with Crippen LogP contribution in [-0.4, -0.2) is 44.0 Å². The number of nitrogens with zero attached hydrogens (tertiary/aromatic N) is 5. The number of carbonyl (C=O) groups is 1. The molecule has 0 bridgehead atoms. The van der Waals surface area contributed by atoms with Crippen LogP contribution in [-0.2, 0) is 17.4 Å². The molecule has 1 atom stereocenters. The molecule has 0 N–H and O–H groups in total. The summed E-state index contributed by atoms with van der Waals surface area (Å²) < 4.78 is 45.5. The number of aromatic nitrogens is 4. The van der Waals surface area contributed by atoms with Crippen LogP contribution in [0.1, 0.15) is 42.4 Å². The molecule has 1 amide bonds. The van der Waals surface area contributed by atoms with Crippen LogP contribution in [0, 0.1) is 0 Å². The second-order valence-corrected chi connectivity index (χ2v) is 7.14. The third-order valence-electron chi connectivity index (χ3n) is 5.18. The van der Waals surface area contributed by atoms with Gasteiger partial charge in [0.25, 0.3) is 11.6 Å². The van der Waals surface area contributed by atoms with Gasteiger partial charge >= 0.3 is 6.18 Å². The molecule has 1 saturated heterocycles. The zero-order chi connectivity index (χ0) is 21.3. The summed E-state index contributed by atoms with van der Waals surface area (Å²) in [6.07, 6.45) is -0.770. The molecule has 3 heterocycles. The van der Waals surface area contributed by atoms with Crippen LogP contribution in [0.15, 0.2) is 36.5 Å². The Morgan fingerprint density at radius 1 is 1.27 bits per heavy atom. The number of amides is 1. The molecule has 10 heteroatoms. The molecule has 0 aliphatic carbocycles. The summed E-state index contributed by atoms with van der Waals surface area (Å²) >= 11 is 0. The van der Waals surface area contributed by atoms with Crippen molar-refractivity contribution in [3.05, 3.63) is 53.6 Å². The molecule has 158 valence electrons. The number of hydrogen-bond acceptors (Lipinski definition) is 5. The number of hydrogen-bond donors (Lipinski definition) is 0. The highest BCUT2D eigenvalue weighted by molar-refractivity contribution is 5.79. The number of alkyl halides is 3. The van der Waals surface area contributed by atoms with E-state index in [1.54, 1.807) is 30.2 Å². The van der Waals surface area contributed by atoms with Crippen molar-refractivity contribution in [1.82, 2.24) is 24.5 Å². The van der Waals surface area contributed by atoms with Crippen LogP contribution in [0.25, 0.3) is 5.78 Å². The van der Waals surface area contributed by atoms with E-state index in [4.69, 9.17) is 4.74 Å². The van der Waals surface area contributed by atoms with Gasteiger partial charge in [-0.05, 0) is 43.0 Å². The van der Waals surface area contributed by atoms with Gasteiger partial charge in [-0.2, -0.15) is 22.7 Å². The van der Waals surface area contributed by atoms with E-state index in [0.29, 0.717) is 24.4 Å². The van der Waals surface area contributed by atoms with E-state index in [0.717, 1.165) is 22.9 Å². The van der Waals surface area contributed by atoms with Crippen LogP contribution in [0.3, 0.4) is 0 Å². The molecule has 1 aliphatic rings. The highest BCUT2D eigenvalue weighted by Crippen LogP contribution is 2.33. The van der Waals surface area contributed by atoms with E-state index in [9.17, 15) is 18.0 Å². The Labute approximate surface area is 170 Å². The highest BCUT2D eigenvalue weighted by atomic mass is 19.4. The van der Waals surface area contributed by atoms with Crippen molar-refractivity contribution in [3.8, 4) is 5.75 Å². The average molecular weight is 419 g/mol. The van der Waals surface area contributed by atoms with Crippen LogP contribution >= 0.6 is 0 Å². The summed E-state index contributed by atoms with van der Waals surface area (Å²) in [6.45, 7) is 0.526. The normalized spacial score (nSPS) is 17.3. The fraction of sp³-hybridized carbons (Fsp3) is 0.400. The summed E-state index contributed by atoms with van der Waals surface area (Å²) in [7, 11) is 1.56. The van der Waals surface area contributed by atoms with Gasteiger partial charge in [0.1, 0.15) is 5.75 Å². The molecule has 0 spiro atoms. The lowest BCUT2D eigenvalue weighted by atomic mass is 9.98. The van der Waals surface area contributed by atoms with Gasteiger partial charge in [0.2, 0.25) is 5.91 Å². The lowest BCUT2D eigenvalue weighted by Crippen LogP contribution is -2.40. The van der Waals surface area contributed by atoms with Gasteiger partial charge in [0, 0.05) is 12.7 Å². The second kappa shape index (κ2) is 7.92. The van der Waals surface area contributed by atoms with E-state index >= 15 is 0 Å². The molecule has 1 aromatic carbocycles. The van der Waals surface area contributed by atoms with Crippen molar-refractivity contribution in [2.24, 2.45) is 0 Å². The summed E-state index contributed by atoms with van der Waals surface area (Å²) in [5.74, 6) is -0.819. The van der Waals surface area contributed by atoms with Crippen LogP contribution in [0.2, 0.25) is 0 Å². The van der Waals surface area contributed by atoms with E-state index in [1.807, 2.05) is 12.1 Å². The molecule has 0 saturated carbocycles. The SMILES string of the molecule is COc1cccc(CC(=O)N2CCCC[C@@H]2c2ccnc3nc(C(F)(F)F)nn23)c1. The number of methoxy groups -OCH3 is 1. The summed E-state index contributed by atoms with van der Waals surface area (Å²) in [5.41, 5.74) is 1.28. The number of halogens is 3. The molecule has 3 aromatic rings. The Hall–Kier alpha value is -3.17.